The van der Waals surface area contributed by atoms with E-state index in [0.717, 1.165) is 44.7 Å². The van der Waals surface area contributed by atoms with Crippen LogP contribution in [0.25, 0.3) is 0 Å². The van der Waals surface area contributed by atoms with Crippen LogP contribution in [0, 0.1) is 0 Å². The van der Waals surface area contributed by atoms with Gasteiger partial charge in [0.05, 0.1) is 6.10 Å². The van der Waals surface area contributed by atoms with Crippen molar-refractivity contribution < 1.29 is 22.6 Å². The highest BCUT2D eigenvalue weighted by atomic mass is 19.4. The van der Waals surface area contributed by atoms with Gasteiger partial charge in [0.1, 0.15) is 5.69 Å². The third-order valence-corrected chi connectivity index (χ3v) is 3.22. The van der Waals surface area contributed by atoms with E-state index in [1.807, 2.05) is 0 Å². The summed E-state index contributed by atoms with van der Waals surface area (Å²) in [5, 5.41) is 2.95. The van der Waals surface area contributed by atoms with Crippen molar-refractivity contribution in [2.45, 2.75) is 31.5 Å². The maximum Gasteiger partial charge on any atom is 0.433 e. The molecule has 0 aromatic carbocycles. The molecule has 0 bridgehead atoms. The van der Waals surface area contributed by atoms with Crippen LogP contribution in [0.15, 0.2) is 18.3 Å². The molecule has 0 aliphatic carbocycles. The fourth-order valence-corrected chi connectivity index (χ4v) is 2.09. The zero-order chi connectivity index (χ0) is 15.1. The summed E-state index contributed by atoms with van der Waals surface area (Å²) in [5.41, 5.74) is -0.464. The Labute approximate surface area is 121 Å². The lowest BCUT2D eigenvalue weighted by atomic mass is 10.1. The first-order chi connectivity index (χ1) is 10.1. The Hall–Kier alpha value is -1.34. The lowest BCUT2D eigenvalue weighted by Crippen LogP contribution is -2.24. The zero-order valence-corrected chi connectivity index (χ0v) is 11.7. The van der Waals surface area contributed by atoms with Crippen molar-refractivity contribution in [1.82, 2.24) is 4.98 Å². The first-order valence-electron chi connectivity index (χ1n) is 7.02. The summed E-state index contributed by atoms with van der Waals surface area (Å²) in [7, 11) is 0. The van der Waals surface area contributed by atoms with Gasteiger partial charge < -0.3 is 14.8 Å². The standard InChI is InChI=1S/C14H19F3N2O2/c15-14(16,17)13-10-11(2-6-19-13)18-5-1-7-21-12-3-8-20-9-4-12/h2,6,10,12H,1,3-5,7-9H2,(H,18,19). The number of pyridine rings is 1. The molecular weight excluding hydrogens is 285 g/mol. The van der Waals surface area contributed by atoms with Crippen LogP contribution < -0.4 is 5.32 Å². The molecule has 118 valence electrons. The Morgan fingerprint density at radius 3 is 2.81 bits per heavy atom. The third-order valence-electron chi connectivity index (χ3n) is 3.22. The summed E-state index contributed by atoms with van der Waals surface area (Å²) < 4.78 is 48.4. The first-order valence-corrected chi connectivity index (χ1v) is 7.02. The fourth-order valence-electron chi connectivity index (χ4n) is 2.09. The minimum absolute atomic E-state index is 0.247. The van der Waals surface area contributed by atoms with Crippen molar-refractivity contribution in [3.63, 3.8) is 0 Å². The molecule has 7 heteroatoms. The SMILES string of the molecule is FC(F)(F)c1cc(NCCCOC2CCOCC2)ccn1. The van der Waals surface area contributed by atoms with E-state index in [1.54, 1.807) is 0 Å². The maximum atomic E-state index is 12.5. The molecule has 1 aromatic heterocycles. The Morgan fingerprint density at radius 1 is 1.33 bits per heavy atom. The van der Waals surface area contributed by atoms with Crippen LogP contribution >= 0.6 is 0 Å². The number of nitrogens with one attached hydrogen (secondary N) is 1. The summed E-state index contributed by atoms with van der Waals surface area (Å²) in [5.74, 6) is 0. The van der Waals surface area contributed by atoms with Gasteiger partial charge in [-0.3, -0.25) is 4.98 Å². The van der Waals surface area contributed by atoms with Crippen molar-refractivity contribution in [3.05, 3.63) is 24.0 Å². The number of alkyl halides is 3. The molecule has 4 nitrogen and oxygen atoms in total. The van der Waals surface area contributed by atoms with E-state index in [9.17, 15) is 13.2 Å². The van der Waals surface area contributed by atoms with Crippen LogP contribution in [0.2, 0.25) is 0 Å². The maximum absolute atomic E-state index is 12.5. The molecular formula is C14H19F3N2O2. The Bertz CT molecular complexity index is 434. The number of hydrogen-bond acceptors (Lipinski definition) is 4. The average molecular weight is 304 g/mol. The van der Waals surface area contributed by atoms with Gasteiger partial charge in [0.15, 0.2) is 0 Å². The van der Waals surface area contributed by atoms with Crippen LogP contribution in [0.1, 0.15) is 25.0 Å². The van der Waals surface area contributed by atoms with Gasteiger partial charge in [0.25, 0.3) is 0 Å². The molecule has 0 amide bonds. The van der Waals surface area contributed by atoms with Gasteiger partial charge >= 0.3 is 6.18 Å². The second kappa shape index (κ2) is 7.61. The van der Waals surface area contributed by atoms with Gasteiger partial charge in [-0.25, -0.2) is 0 Å². The largest absolute Gasteiger partial charge is 0.433 e. The van der Waals surface area contributed by atoms with E-state index in [2.05, 4.69) is 10.3 Å². The molecule has 1 saturated heterocycles. The lowest BCUT2D eigenvalue weighted by Gasteiger charge is -2.22. The molecule has 0 saturated carbocycles. The van der Waals surface area contributed by atoms with Crippen molar-refractivity contribution in [2.75, 3.05) is 31.7 Å². The van der Waals surface area contributed by atoms with Crippen molar-refractivity contribution >= 4 is 5.69 Å². The summed E-state index contributed by atoms with van der Waals surface area (Å²) >= 11 is 0. The molecule has 2 rings (SSSR count). The van der Waals surface area contributed by atoms with Gasteiger partial charge in [-0.2, -0.15) is 13.2 Å². The molecule has 21 heavy (non-hydrogen) atoms. The zero-order valence-electron chi connectivity index (χ0n) is 11.7. The highest BCUT2D eigenvalue weighted by molar-refractivity contribution is 5.43. The van der Waals surface area contributed by atoms with Crippen LogP contribution in [-0.2, 0) is 15.7 Å². The molecule has 1 aliphatic heterocycles. The molecule has 1 aliphatic rings. The number of ether oxygens (including phenoxy) is 2. The fraction of sp³-hybridized carbons (Fsp3) is 0.643. The van der Waals surface area contributed by atoms with Crippen LogP contribution in [0.3, 0.4) is 0 Å². The predicted molar refractivity (Wildman–Crippen MR) is 72.1 cm³/mol. The first kappa shape index (κ1) is 16.0. The molecule has 2 heterocycles. The number of aromatic nitrogens is 1. The number of anilines is 1. The quantitative estimate of drug-likeness (QED) is 0.820. The second-order valence-electron chi connectivity index (χ2n) is 4.89. The molecule has 0 unspecified atom stereocenters. The number of halogens is 3. The van der Waals surface area contributed by atoms with E-state index in [4.69, 9.17) is 9.47 Å². The third kappa shape index (κ3) is 5.51. The van der Waals surface area contributed by atoms with E-state index in [-0.39, 0.29) is 6.10 Å². The number of nitrogens with zero attached hydrogens (tertiary/aromatic N) is 1. The Kier molecular flexibility index (Phi) is 5.81. The smallest absolute Gasteiger partial charge is 0.385 e. The van der Waals surface area contributed by atoms with E-state index in [1.165, 1.54) is 6.07 Å². The predicted octanol–water partition coefficient (Wildman–Crippen LogP) is 3.10. The Morgan fingerprint density at radius 2 is 2.10 bits per heavy atom. The molecule has 1 aromatic rings. The summed E-state index contributed by atoms with van der Waals surface area (Å²) in [6.45, 7) is 2.62. The Balaban J connectivity index is 1.66. The van der Waals surface area contributed by atoms with Crippen LogP contribution in [0.4, 0.5) is 18.9 Å². The normalized spacial score (nSPS) is 16.9. The van der Waals surface area contributed by atoms with E-state index in [0.29, 0.717) is 18.8 Å². The number of rotatable bonds is 6. The summed E-state index contributed by atoms with van der Waals surface area (Å²) in [4.78, 5) is 3.31. The van der Waals surface area contributed by atoms with E-state index >= 15 is 0 Å². The summed E-state index contributed by atoms with van der Waals surface area (Å²) in [6, 6.07) is 2.54. The van der Waals surface area contributed by atoms with Gasteiger partial charge in [-0.15, -0.1) is 0 Å². The van der Waals surface area contributed by atoms with Crippen molar-refractivity contribution in [3.8, 4) is 0 Å². The number of hydrogen-bond donors (Lipinski definition) is 1. The molecule has 1 N–H and O–H groups in total. The van der Waals surface area contributed by atoms with Crippen molar-refractivity contribution in [1.29, 1.82) is 0 Å². The molecule has 0 atom stereocenters. The highest BCUT2D eigenvalue weighted by Gasteiger charge is 2.32. The highest BCUT2D eigenvalue weighted by Crippen LogP contribution is 2.28. The lowest BCUT2D eigenvalue weighted by molar-refractivity contribution is -0.141. The monoisotopic (exact) mass is 304 g/mol. The van der Waals surface area contributed by atoms with Gasteiger partial charge in [0, 0.05) is 38.2 Å². The van der Waals surface area contributed by atoms with E-state index < -0.39 is 11.9 Å². The molecule has 0 spiro atoms. The topological polar surface area (TPSA) is 43.4 Å². The van der Waals surface area contributed by atoms with Gasteiger partial charge in [0.2, 0.25) is 0 Å². The van der Waals surface area contributed by atoms with Gasteiger partial charge in [-0.05, 0) is 31.4 Å². The summed E-state index contributed by atoms with van der Waals surface area (Å²) in [6.07, 6.45) is -0.454. The minimum atomic E-state index is -4.41. The molecule has 0 radical (unpaired) electrons. The van der Waals surface area contributed by atoms with Crippen LogP contribution in [-0.4, -0.2) is 37.5 Å². The molecule has 1 fully saturated rings. The minimum Gasteiger partial charge on any atom is -0.385 e. The second-order valence-corrected chi connectivity index (χ2v) is 4.89. The average Bonchev–Trinajstić information content (AvgIpc) is 2.47. The van der Waals surface area contributed by atoms with Crippen LogP contribution in [0.5, 0.6) is 0 Å². The van der Waals surface area contributed by atoms with Crippen molar-refractivity contribution in [2.24, 2.45) is 0 Å². The van der Waals surface area contributed by atoms with Gasteiger partial charge in [-0.1, -0.05) is 0 Å².